The fourth-order valence-electron chi connectivity index (χ4n) is 6.50. The van der Waals surface area contributed by atoms with E-state index in [-0.39, 0.29) is 12.0 Å². The van der Waals surface area contributed by atoms with Crippen LogP contribution in [0.2, 0.25) is 0 Å². The number of pyridine rings is 1. The molecule has 50 heavy (non-hydrogen) atoms. The van der Waals surface area contributed by atoms with Crippen molar-refractivity contribution in [1.29, 1.82) is 0 Å². The highest BCUT2D eigenvalue weighted by atomic mass is 32.1. The predicted octanol–water partition coefficient (Wildman–Crippen LogP) is 7.94. The van der Waals surface area contributed by atoms with Crippen molar-refractivity contribution in [3.8, 4) is 16.9 Å². The van der Waals surface area contributed by atoms with Crippen molar-refractivity contribution in [3.63, 3.8) is 0 Å². The minimum Gasteiger partial charge on any atom is -0.495 e. The minimum absolute atomic E-state index is 0.210. The summed E-state index contributed by atoms with van der Waals surface area (Å²) in [7, 11) is 3.49. The van der Waals surface area contributed by atoms with Crippen LogP contribution >= 0.6 is 11.3 Å². The second-order valence-electron chi connectivity index (χ2n) is 13.8. The van der Waals surface area contributed by atoms with E-state index in [1.165, 1.54) is 0 Å². The Balaban J connectivity index is 1.08. The van der Waals surface area contributed by atoms with Gasteiger partial charge in [-0.2, -0.15) is 0 Å². The fourth-order valence-corrected chi connectivity index (χ4v) is 7.58. The molecule has 1 saturated heterocycles. The second kappa shape index (κ2) is 14.9. The summed E-state index contributed by atoms with van der Waals surface area (Å²) in [5.74, 6) is 1.29. The Bertz CT molecular complexity index is 2030. The molecule has 0 aliphatic carbocycles. The number of nitrogens with one attached hydrogen (secondary N) is 2. The van der Waals surface area contributed by atoms with Gasteiger partial charge in [0.1, 0.15) is 22.9 Å². The maximum Gasteiger partial charge on any atom is 0.407 e. The van der Waals surface area contributed by atoms with Gasteiger partial charge in [-0.05, 0) is 94.3 Å². The number of hydrogen-bond acceptors (Lipinski definition) is 8. The number of rotatable bonds is 10. The number of likely N-dealkylation sites (tertiary alicyclic amines) is 1. The summed E-state index contributed by atoms with van der Waals surface area (Å²) in [6, 6.07) is 15.6. The highest BCUT2D eigenvalue weighted by Crippen LogP contribution is 2.41. The third kappa shape index (κ3) is 7.95. The van der Waals surface area contributed by atoms with E-state index in [1.54, 1.807) is 18.4 Å². The zero-order valence-corrected chi connectivity index (χ0v) is 30.2. The number of methoxy groups -OCH3 is 1. The van der Waals surface area contributed by atoms with Crippen LogP contribution < -0.4 is 21.1 Å². The van der Waals surface area contributed by atoms with Crippen molar-refractivity contribution >= 4 is 61.9 Å². The molecule has 4 N–H and O–H groups in total. The van der Waals surface area contributed by atoms with Gasteiger partial charge in [-0.15, -0.1) is 11.3 Å². The molecule has 0 atom stereocenters. The zero-order chi connectivity index (χ0) is 35.4. The number of para-hydroxylation sites is 1. The van der Waals surface area contributed by atoms with E-state index in [0.29, 0.717) is 35.4 Å². The molecule has 1 aliphatic rings. The maximum atomic E-state index is 13.3. The number of aryl methyl sites for hydroxylation is 1. The van der Waals surface area contributed by atoms with Crippen LogP contribution in [0.1, 0.15) is 56.1 Å². The topological polar surface area (TPSA) is 124 Å². The summed E-state index contributed by atoms with van der Waals surface area (Å²) in [5.41, 5.74) is 11.0. The SMILES string of the molecule is COc1cc(-c2csc3c(/C=C/CCN4CCC(CNC(=O)OC(C)(C)C)CC4)cnc(N)c23)ccc1NC(=O)c1cc2ccccc2n1C. The van der Waals surface area contributed by atoms with E-state index in [1.807, 2.05) is 87.1 Å². The van der Waals surface area contributed by atoms with E-state index in [4.69, 9.17) is 15.2 Å². The first-order valence-corrected chi connectivity index (χ1v) is 17.9. The molecule has 10 nitrogen and oxygen atoms in total. The molecule has 2 amide bonds. The fraction of sp³-hybridized carbons (Fsp3) is 0.359. The first-order valence-electron chi connectivity index (χ1n) is 17.1. The molecule has 2 aromatic carbocycles. The average Bonchev–Trinajstić information content (AvgIpc) is 3.69. The van der Waals surface area contributed by atoms with Gasteiger partial charge in [0.25, 0.3) is 5.91 Å². The lowest BCUT2D eigenvalue weighted by atomic mass is 9.97. The number of anilines is 2. The van der Waals surface area contributed by atoms with Crippen LogP contribution in [0.15, 0.2) is 66.2 Å². The number of alkyl carbamates (subject to hydrolysis) is 1. The van der Waals surface area contributed by atoms with Gasteiger partial charge in [-0.3, -0.25) is 4.79 Å². The largest absolute Gasteiger partial charge is 0.495 e. The zero-order valence-electron chi connectivity index (χ0n) is 29.4. The normalized spacial score (nSPS) is 14.4. The van der Waals surface area contributed by atoms with E-state index >= 15 is 0 Å². The van der Waals surface area contributed by atoms with Crippen molar-refractivity contribution in [3.05, 3.63) is 77.4 Å². The average molecular weight is 695 g/mol. The number of fused-ring (bicyclic) bond motifs is 2. The molecule has 0 spiro atoms. The van der Waals surface area contributed by atoms with E-state index in [0.717, 1.165) is 76.6 Å². The Morgan fingerprint density at radius 3 is 2.64 bits per heavy atom. The number of carbonyl (C=O) groups is 2. The Kier molecular flexibility index (Phi) is 10.4. The van der Waals surface area contributed by atoms with Crippen molar-refractivity contribution in [2.24, 2.45) is 13.0 Å². The number of piperidine rings is 1. The highest BCUT2D eigenvalue weighted by molar-refractivity contribution is 7.18. The standard InChI is InChI=1S/C39H46N6O4S/c1-39(2,3)49-38(47)42-22-25-15-18-45(19-16-25)17-9-8-11-28-23-41-36(40)34-29(24-50-35(28)34)26-13-14-30(33(21-26)48-5)43-37(46)32-20-27-10-6-7-12-31(27)44(32)4/h6-8,10-14,20-21,23-25H,9,15-19,22H2,1-5H3,(H2,40,41)(H,42,47)(H,43,46)/b11-8+. The van der Waals surface area contributed by atoms with Crippen molar-refractivity contribution in [2.75, 3.05) is 44.3 Å². The molecule has 0 unspecified atom stereocenters. The molecule has 0 bridgehead atoms. The van der Waals surface area contributed by atoms with Crippen LogP contribution in [0.3, 0.4) is 0 Å². The van der Waals surface area contributed by atoms with Crippen molar-refractivity contribution in [1.82, 2.24) is 19.8 Å². The molecule has 0 radical (unpaired) electrons. The number of nitrogens with zero attached hydrogens (tertiary/aromatic N) is 3. The van der Waals surface area contributed by atoms with Crippen LogP contribution in [-0.2, 0) is 11.8 Å². The Morgan fingerprint density at radius 1 is 1.12 bits per heavy atom. The number of nitrogen functional groups attached to an aromatic ring is 1. The lowest BCUT2D eigenvalue weighted by Crippen LogP contribution is -2.40. The number of hydrogen-bond donors (Lipinski definition) is 3. The van der Waals surface area contributed by atoms with Crippen LogP contribution in [-0.4, -0.2) is 65.3 Å². The molecule has 5 aromatic rings. The van der Waals surface area contributed by atoms with Gasteiger partial charge in [-0.25, -0.2) is 9.78 Å². The number of aromatic nitrogens is 2. The number of carbonyl (C=O) groups excluding carboxylic acids is 2. The van der Waals surface area contributed by atoms with E-state index < -0.39 is 5.60 Å². The molecule has 0 saturated carbocycles. The van der Waals surface area contributed by atoms with E-state index in [2.05, 4.69) is 38.0 Å². The molecule has 262 valence electrons. The first-order chi connectivity index (χ1) is 24.0. The predicted molar refractivity (Wildman–Crippen MR) is 204 cm³/mol. The van der Waals surface area contributed by atoms with Crippen molar-refractivity contribution < 1.29 is 19.1 Å². The number of amides is 2. The van der Waals surface area contributed by atoms with Gasteiger partial charge in [0.15, 0.2) is 0 Å². The maximum absolute atomic E-state index is 13.3. The first kappa shape index (κ1) is 35.0. The number of ether oxygens (including phenoxy) is 2. The van der Waals surface area contributed by atoms with Gasteiger partial charge in [-0.1, -0.05) is 36.4 Å². The lowest BCUT2D eigenvalue weighted by molar-refractivity contribution is 0.0510. The summed E-state index contributed by atoms with van der Waals surface area (Å²) in [6.07, 6.45) is 8.88. The summed E-state index contributed by atoms with van der Waals surface area (Å²) >= 11 is 1.64. The highest BCUT2D eigenvalue weighted by Gasteiger charge is 2.22. The molecule has 4 heterocycles. The Hall–Kier alpha value is -4.87. The van der Waals surface area contributed by atoms with Crippen molar-refractivity contribution in [2.45, 2.75) is 45.6 Å². The Labute approximate surface area is 297 Å². The summed E-state index contributed by atoms with van der Waals surface area (Å²) in [6.45, 7) is 9.30. The molecule has 6 rings (SSSR count). The number of nitrogens with two attached hydrogens (primary N) is 1. The number of thiophene rings is 1. The molecule has 3 aromatic heterocycles. The monoisotopic (exact) mass is 694 g/mol. The summed E-state index contributed by atoms with van der Waals surface area (Å²) in [4.78, 5) is 32.3. The van der Waals surface area contributed by atoms with Crippen LogP contribution in [0.4, 0.5) is 16.3 Å². The third-order valence-electron chi connectivity index (χ3n) is 9.15. The molecular weight excluding hydrogens is 649 g/mol. The number of benzene rings is 2. The third-order valence-corrected chi connectivity index (χ3v) is 10.2. The van der Waals surface area contributed by atoms with Crippen LogP contribution in [0, 0.1) is 5.92 Å². The van der Waals surface area contributed by atoms with Crippen LogP contribution in [0.25, 0.3) is 38.2 Å². The minimum atomic E-state index is -0.483. The Morgan fingerprint density at radius 2 is 1.90 bits per heavy atom. The van der Waals surface area contributed by atoms with Crippen LogP contribution in [0.5, 0.6) is 5.75 Å². The van der Waals surface area contributed by atoms with Gasteiger partial charge in [0.05, 0.1) is 12.8 Å². The van der Waals surface area contributed by atoms with Gasteiger partial charge in [0, 0.05) is 58.5 Å². The smallest absolute Gasteiger partial charge is 0.407 e. The van der Waals surface area contributed by atoms with Gasteiger partial charge in [0.2, 0.25) is 0 Å². The molecule has 1 fully saturated rings. The quantitative estimate of drug-likeness (QED) is 0.136. The van der Waals surface area contributed by atoms with Gasteiger partial charge < -0.3 is 35.3 Å². The summed E-state index contributed by atoms with van der Waals surface area (Å²) in [5, 5.41) is 9.97. The molecule has 1 aliphatic heterocycles. The lowest BCUT2D eigenvalue weighted by Gasteiger charge is -2.32. The second-order valence-corrected chi connectivity index (χ2v) is 14.7. The molecular formula is C39H46N6O4S. The van der Waals surface area contributed by atoms with Gasteiger partial charge >= 0.3 is 6.09 Å². The summed E-state index contributed by atoms with van der Waals surface area (Å²) < 4.78 is 14.1. The van der Waals surface area contributed by atoms with E-state index in [9.17, 15) is 9.59 Å². The molecule has 11 heteroatoms.